The molecule has 0 radical (unpaired) electrons. The Kier molecular flexibility index (Phi) is 5.85. The third kappa shape index (κ3) is 4.60. The van der Waals surface area contributed by atoms with Gasteiger partial charge in [0.25, 0.3) is 15.9 Å². The largest absolute Gasteiger partial charge is 0.361 e. The number of carbonyl (C=O) groups is 1. The van der Waals surface area contributed by atoms with Crippen LogP contribution < -0.4 is 10.0 Å². The van der Waals surface area contributed by atoms with Crippen molar-refractivity contribution in [1.82, 2.24) is 10.5 Å². The van der Waals surface area contributed by atoms with Crippen LogP contribution in [-0.4, -0.2) is 19.5 Å². The van der Waals surface area contributed by atoms with E-state index in [-0.39, 0.29) is 22.9 Å². The second-order valence-corrected chi connectivity index (χ2v) is 8.72. The van der Waals surface area contributed by atoms with E-state index in [1.807, 2.05) is 0 Å². The average molecular weight is 464 g/mol. The molecule has 1 amide bonds. The van der Waals surface area contributed by atoms with Gasteiger partial charge in [-0.1, -0.05) is 27.2 Å². The number of carbonyl (C=O) groups excluding carboxylic acids is 1. The number of benzene rings is 2. The van der Waals surface area contributed by atoms with Crippen molar-refractivity contribution in [3.8, 4) is 0 Å². The molecule has 0 saturated heterocycles. The second-order valence-electron chi connectivity index (χ2n) is 6.13. The van der Waals surface area contributed by atoms with Crippen LogP contribution in [0.15, 0.2) is 62.4 Å². The molecule has 0 aliphatic rings. The standard InChI is InChI=1S/C19H18BrN3O4S/c1-12-18(13(2)27-22-12)11-21-19(24)14-4-3-5-17(10-14)28(25,26)23-16-8-6-15(20)7-9-16/h3-10,23H,11H2,1-2H3,(H,21,24). The Morgan fingerprint density at radius 3 is 2.50 bits per heavy atom. The zero-order chi connectivity index (χ0) is 20.3. The van der Waals surface area contributed by atoms with Gasteiger partial charge in [-0.05, 0) is 56.3 Å². The van der Waals surface area contributed by atoms with Gasteiger partial charge in [-0.25, -0.2) is 8.42 Å². The predicted octanol–water partition coefficient (Wildman–Crippen LogP) is 3.78. The van der Waals surface area contributed by atoms with Crippen molar-refractivity contribution in [3.63, 3.8) is 0 Å². The highest BCUT2D eigenvalue weighted by molar-refractivity contribution is 9.10. The number of rotatable bonds is 6. The molecule has 1 aromatic heterocycles. The molecule has 146 valence electrons. The topological polar surface area (TPSA) is 101 Å². The molecule has 2 N–H and O–H groups in total. The molecule has 0 saturated carbocycles. The molecule has 1 heterocycles. The summed E-state index contributed by atoms with van der Waals surface area (Å²) in [5.74, 6) is 0.244. The third-order valence-corrected chi connectivity index (χ3v) is 6.02. The van der Waals surface area contributed by atoms with E-state index in [0.29, 0.717) is 17.1 Å². The van der Waals surface area contributed by atoms with Gasteiger partial charge in [-0.3, -0.25) is 9.52 Å². The summed E-state index contributed by atoms with van der Waals surface area (Å²) in [6.45, 7) is 3.80. The molecule has 9 heteroatoms. The molecule has 0 atom stereocenters. The first-order chi connectivity index (χ1) is 13.3. The van der Waals surface area contributed by atoms with Crippen LogP contribution in [0.3, 0.4) is 0 Å². The van der Waals surface area contributed by atoms with E-state index >= 15 is 0 Å². The zero-order valence-corrected chi connectivity index (χ0v) is 17.6. The first-order valence-corrected chi connectivity index (χ1v) is 10.6. The molecular formula is C19H18BrN3O4S. The number of nitrogens with zero attached hydrogens (tertiary/aromatic N) is 1. The predicted molar refractivity (Wildman–Crippen MR) is 109 cm³/mol. The van der Waals surface area contributed by atoms with Crippen molar-refractivity contribution in [2.24, 2.45) is 0 Å². The minimum Gasteiger partial charge on any atom is -0.361 e. The normalized spacial score (nSPS) is 11.2. The van der Waals surface area contributed by atoms with Gasteiger partial charge in [0.05, 0.1) is 10.6 Å². The number of amides is 1. The van der Waals surface area contributed by atoms with Crippen LogP contribution in [0.2, 0.25) is 0 Å². The van der Waals surface area contributed by atoms with Crippen molar-refractivity contribution >= 4 is 37.5 Å². The molecule has 0 spiro atoms. The molecule has 28 heavy (non-hydrogen) atoms. The Labute approximate surface area is 171 Å². The molecule has 0 unspecified atom stereocenters. The minimum absolute atomic E-state index is 0.000377. The van der Waals surface area contributed by atoms with E-state index < -0.39 is 10.0 Å². The number of hydrogen-bond acceptors (Lipinski definition) is 5. The average Bonchev–Trinajstić information content (AvgIpc) is 2.99. The molecule has 0 fully saturated rings. The maximum absolute atomic E-state index is 12.6. The third-order valence-electron chi connectivity index (χ3n) is 4.11. The lowest BCUT2D eigenvalue weighted by Crippen LogP contribution is -2.24. The van der Waals surface area contributed by atoms with Crippen molar-refractivity contribution in [2.45, 2.75) is 25.3 Å². The second kappa shape index (κ2) is 8.15. The highest BCUT2D eigenvalue weighted by atomic mass is 79.9. The van der Waals surface area contributed by atoms with Crippen LogP contribution in [0, 0.1) is 13.8 Å². The number of aryl methyl sites for hydroxylation is 2. The van der Waals surface area contributed by atoms with Crippen molar-refractivity contribution < 1.29 is 17.7 Å². The first kappa shape index (κ1) is 20.1. The number of hydrogen-bond donors (Lipinski definition) is 2. The fraction of sp³-hybridized carbons (Fsp3) is 0.158. The molecule has 0 bridgehead atoms. The molecule has 3 aromatic rings. The molecular weight excluding hydrogens is 446 g/mol. The monoisotopic (exact) mass is 463 g/mol. The highest BCUT2D eigenvalue weighted by Gasteiger charge is 2.17. The van der Waals surface area contributed by atoms with Crippen LogP contribution in [0.5, 0.6) is 0 Å². The van der Waals surface area contributed by atoms with Crippen molar-refractivity contribution in [1.29, 1.82) is 0 Å². The summed E-state index contributed by atoms with van der Waals surface area (Å²) >= 11 is 3.30. The number of nitrogens with one attached hydrogen (secondary N) is 2. The summed E-state index contributed by atoms with van der Waals surface area (Å²) < 4.78 is 33.6. The Morgan fingerprint density at radius 1 is 1.14 bits per heavy atom. The van der Waals surface area contributed by atoms with Gasteiger partial charge in [-0.15, -0.1) is 0 Å². The van der Waals surface area contributed by atoms with Crippen LogP contribution >= 0.6 is 15.9 Å². The Morgan fingerprint density at radius 2 is 1.86 bits per heavy atom. The first-order valence-electron chi connectivity index (χ1n) is 8.34. The van der Waals surface area contributed by atoms with Crippen LogP contribution in [0.4, 0.5) is 5.69 Å². The van der Waals surface area contributed by atoms with E-state index in [0.717, 1.165) is 10.0 Å². The number of halogens is 1. The summed E-state index contributed by atoms with van der Waals surface area (Å²) in [5, 5.41) is 6.60. The summed E-state index contributed by atoms with van der Waals surface area (Å²) in [6.07, 6.45) is 0. The van der Waals surface area contributed by atoms with E-state index in [9.17, 15) is 13.2 Å². The molecule has 0 aliphatic heterocycles. The van der Waals surface area contributed by atoms with E-state index in [1.165, 1.54) is 18.2 Å². The van der Waals surface area contributed by atoms with Gasteiger partial charge in [0.1, 0.15) is 5.76 Å². The number of aromatic nitrogens is 1. The molecule has 2 aromatic carbocycles. The SMILES string of the molecule is Cc1noc(C)c1CNC(=O)c1cccc(S(=O)(=O)Nc2ccc(Br)cc2)c1. The quantitative estimate of drug-likeness (QED) is 0.578. The van der Waals surface area contributed by atoms with Crippen LogP contribution in [0.1, 0.15) is 27.4 Å². The van der Waals surface area contributed by atoms with Gasteiger partial charge in [0.15, 0.2) is 0 Å². The zero-order valence-electron chi connectivity index (χ0n) is 15.2. The Bertz CT molecular complexity index is 1090. The summed E-state index contributed by atoms with van der Waals surface area (Å²) in [4.78, 5) is 12.5. The fourth-order valence-electron chi connectivity index (χ4n) is 2.56. The lowest BCUT2D eigenvalue weighted by Gasteiger charge is -2.10. The van der Waals surface area contributed by atoms with Gasteiger partial charge >= 0.3 is 0 Å². The van der Waals surface area contributed by atoms with Crippen LogP contribution in [-0.2, 0) is 16.6 Å². The minimum atomic E-state index is -3.82. The fourth-order valence-corrected chi connectivity index (χ4v) is 3.93. The van der Waals surface area contributed by atoms with Crippen LogP contribution in [0.25, 0.3) is 0 Å². The number of anilines is 1. The van der Waals surface area contributed by atoms with E-state index in [2.05, 4.69) is 31.1 Å². The maximum Gasteiger partial charge on any atom is 0.261 e. The highest BCUT2D eigenvalue weighted by Crippen LogP contribution is 2.19. The lowest BCUT2D eigenvalue weighted by molar-refractivity contribution is 0.0950. The van der Waals surface area contributed by atoms with Crippen molar-refractivity contribution in [3.05, 3.63) is 75.6 Å². The Hall–Kier alpha value is -2.65. The van der Waals surface area contributed by atoms with Gasteiger partial charge in [0.2, 0.25) is 0 Å². The lowest BCUT2D eigenvalue weighted by atomic mass is 10.2. The molecule has 7 nitrogen and oxygen atoms in total. The van der Waals surface area contributed by atoms with Gasteiger partial charge < -0.3 is 9.84 Å². The molecule has 0 aliphatic carbocycles. The smallest absolute Gasteiger partial charge is 0.261 e. The van der Waals surface area contributed by atoms with Gasteiger partial charge in [0, 0.05) is 27.8 Å². The van der Waals surface area contributed by atoms with E-state index in [1.54, 1.807) is 44.2 Å². The van der Waals surface area contributed by atoms with E-state index in [4.69, 9.17) is 4.52 Å². The Balaban J connectivity index is 1.75. The maximum atomic E-state index is 12.6. The summed E-state index contributed by atoms with van der Waals surface area (Å²) in [7, 11) is -3.82. The summed E-state index contributed by atoms with van der Waals surface area (Å²) in [6, 6.07) is 12.6. The van der Waals surface area contributed by atoms with Gasteiger partial charge in [-0.2, -0.15) is 0 Å². The van der Waals surface area contributed by atoms with Crippen molar-refractivity contribution in [2.75, 3.05) is 4.72 Å². The summed E-state index contributed by atoms with van der Waals surface area (Å²) in [5.41, 5.74) is 2.17. The molecule has 3 rings (SSSR count). The number of sulfonamides is 1.